The smallest absolute Gasteiger partial charge is 0.273 e. The Hall–Kier alpha value is -2.29. The lowest BCUT2D eigenvalue weighted by Gasteiger charge is -2.37. The standard InChI is InChI=1S/C20H25N5O2S/c21-8-6-18-22-16(14-28-18)19(26)24-12-10-23(11-13-24)17-7-9-25(20(17)27)15-4-2-1-3-5-15/h1-5,14,17H,6-13,21H2. The molecule has 2 fully saturated rings. The Balaban J connectivity index is 1.34. The Labute approximate surface area is 168 Å². The summed E-state index contributed by atoms with van der Waals surface area (Å²) in [5, 5.41) is 2.72. The van der Waals surface area contributed by atoms with Gasteiger partial charge in [0.1, 0.15) is 5.69 Å². The number of nitrogens with two attached hydrogens (primary N) is 1. The van der Waals surface area contributed by atoms with Crippen LogP contribution in [0.25, 0.3) is 0 Å². The lowest BCUT2D eigenvalue weighted by molar-refractivity contribution is -0.122. The first-order valence-corrected chi connectivity index (χ1v) is 10.6. The van der Waals surface area contributed by atoms with Gasteiger partial charge in [-0.15, -0.1) is 11.3 Å². The van der Waals surface area contributed by atoms with Crippen molar-refractivity contribution in [1.29, 1.82) is 0 Å². The number of para-hydroxylation sites is 1. The third-order valence-electron chi connectivity index (χ3n) is 5.42. The largest absolute Gasteiger partial charge is 0.335 e. The van der Waals surface area contributed by atoms with Gasteiger partial charge in [-0.05, 0) is 25.1 Å². The fraction of sp³-hybridized carbons (Fsp3) is 0.450. The van der Waals surface area contributed by atoms with Crippen LogP contribution in [0.3, 0.4) is 0 Å². The fourth-order valence-electron chi connectivity index (χ4n) is 3.91. The average molecular weight is 400 g/mol. The summed E-state index contributed by atoms with van der Waals surface area (Å²) in [6, 6.07) is 9.73. The van der Waals surface area contributed by atoms with Crippen molar-refractivity contribution in [2.24, 2.45) is 5.73 Å². The first-order chi connectivity index (χ1) is 13.7. The zero-order chi connectivity index (χ0) is 19.5. The highest BCUT2D eigenvalue weighted by Crippen LogP contribution is 2.25. The number of carbonyl (C=O) groups is 2. The van der Waals surface area contributed by atoms with Gasteiger partial charge in [-0.25, -0.2) is 4.98 Å². The second kappa shape index (κ2) is 8.38. The van der Waals surface area contributed by atoms with Gasteiger partial charge in [0.2, 0.25) is 5.91 Å². The molecule has 1 atom stereocenters. The van der Waals surface area contributed by atoms with Gasteiger partial charge in [-0.1, -0.05) is 18.2 Å². The molecule has 2 N–H and O–H groups in total. The summed E-state index contributed by atoms with van der Waals surface area (Å²) in [5.74, 6) is 0.139. The Bertz CT molecular complexity index is 832. The predicted octanol–water partition coefficient (Wildman–Crippen LogP) is 1.21. The van der Waals surface area contributed by atoms with Crippen LogP contribution in [0, 0.1) is 0 Å². The predicted molar refractivity (Wildman–Crippen MR) is 110 cm³/mol. The van der Waals surface area contributed by atoms with Crippen molar-refractivity contribution in [3.8, 4) is 0 Å². The Morgan fingerprint density at radius 1 is 1.14 bits per heavy atom. The molecule has 148 valence electrons. The van der Waals surface area contributed by atoms with E-state index in [1.165, 1.54) is 11.3 Å². The van der Waals surface area contributed by atoms with Crippen LogP contribution in [0.1, 0.15) is 21.9 Å². The lowest BCUT2D eigenvalue weighted by atomic mass is 10.1. The van der Waals surface area contributed by atoms with Crippen molar-refractivity contribution >= 4 is 28.8 Å². The summed E-state index contributed by atoms with van der Waals surface area (Å²) >= 11 is 1.49. The number of amides is 2. The molecular formula is C20H25N5O2S. The van der Waals surface area contributed by atoms with E-state index in [4.69, 9.17) is 5.73 Å². The monoisotopic (exact) mass is 399 g/mol. The van der Waals surface area contributed by atoms with Gasteiger partial charge in [0.25, 0.3) is 5.91 Å². The molecule has 2 saturated heterocycles. The van der Waals surface area contributed by atoms with Gasteiger partial charge in [0, 0.05) is 50.2 Å². The highest BCUT2D eigenvalue weighted by Gasteiger charge is 2.38. The molecule has 8 heteroatoms. The van der Waals surface area contributed by atoms with Crippen molar-refractivity contribution in [2.75, 3.05) is 44.2 Å². The Morgan fingerprint density at radius 3 is 2.61 bits per heavy atom. The summed E-state index contributed by atoms with van der Waals surface area (Å²) in [7, 11) is 0. The molecule has 1 unspecified atom stereocenters. The molecule has 0 spiro atoms. The quantitative estimate of drug-likeness (QED) is 0.817. The molecule has 0 bridgehead atoms. The number of aromatic nitrogens is 1. The third kappa shape index (κ3) is 3.80. The van der Waals surface area contributed by atoms with Crippen LogP contribution in [0.2, 0.25) is 0 Å². The Morgan fingerprint density at radius 2 is 1.89 bits per heavy atom. The molecular weight excluding hydrogens is 374 g/mol. The van der Waals surface area contributed by atoms with Gasteiger partial charge in [-0.3, -0.25) is 14.5 Å². The molecule has 2 amide bonds. The maximum absolute atomic E-state index is 12.9. The summed E-state index contributed by atoms with van der Waals surface area (Å²) in [6.45, 7) is 3.95. The number of thiazole rings is 1. The van der Waals surface area contributed by atoms with Crippen LogP contribution < -0.4 is 10.6 Å². The molecule has 28 heavy (non-hydrogen) atoms. The molecule has 2 aliphatic heterocycles. The maximum Gasteiger partial charge on any atom is 0.273 e. The van der Waals surface area contributed by atoms with Gasteiger partial charge < -0.3 is 15.5 Å². The average Bonchev–Trinajstić information content (AvgIpc) is 3.35. The Kier molecular flexibility index (Phi) is 5.70. The van der Waals surface area contributed by atoms with Gasteiger partial charge in [-0.2, -0.15) is 0 Å². The van der Waals surface area contributed by atoms with Crippen molar-refractivity contribution in [1.82, 2.24) is 14.8 Å². The number of hydrogen-bond acceptors (Lipinski definition) is 6. The molecule has 7 nitrogen and oxygen atoms in total. The van der Waals surface area contributed by atoms with Crippen LogP contribution in [0.5, 0.6) is 0 Å². The number of hydrogen-bond donors (Lipinski definition) is 1. The third-order valence-corrected chi connectivity index (χ3v) is 6.33. The molecule has 2 aliphatic rings. The van der Waals surface area contributed by atoms with E-state index in [0.29, 0.717) is 44.8 Å². The van der Waals surface area contributed by atoms with Crippen LogP contribution in [-0.4, -0.2) is 71.9 Å². The summed E-state index contributed by atoms with van der Waals surface area (Å²) in [4.78, 5) is 35.9. The highest BCUT2D eigenvalue weighted by molar-refractivity contribution is 7.09. The van der Waals surface area contributed by atoms with Crippen molar-refractivity contribution < 1.29 is 9.59 Å². The topological polar surface area (TPSA) is 82.8 Å². The van der Waals surface area contributed by atoms with Crippen LogP contribution in [-0.2, 0) is 11.2 Å². The number of carbonyl (C=O) groups excluding carboxylic acids is 2. The van der Waals surface area contributed by atoms with E-state index in [-0.39, 0.29) is 17.9 Å². The van der Waals surface area contributed by atoms with E-state index < -0.39 is 0 Å². The van der Waals surface area contributed by atoms with Crippen molar-refractivity contribution in [2.45, 2.75) is 18.9 Å². The second-order valence-electron chi connectivity index (χ2n) is 7.12. The van der Waals surface area contributed by atoms with E-state index >= 15 is 0 Å². The number of anilines is 1. The lowest BCUT2D eigenvalue weighted by Crippen LogP contribution is -2.53. The van der Waals surface area contributed by atoms with Gasteiger partial charge in [0.05, 0.1) is 11.0 Å². The van der Waals surface area contributed by atoms with Gasteiger partial charge in [0.15, 0.2) is 0 Å². The molecule has 0 saturated carbocycles. The first-order valence-electron chi connectivity index (χ1n) is 9.71. The van der Waals surface area contributed by atoms with E-state index in [2.05, 4.69) is 9.88 Å². The number of nitrogens with zero attached hydrogens (tertiary/aromatic N) is 4. The fourth-order valence-corrected chi connectivity index (χ4v) is 4.70. The molecule has 1 aromatic carbocycles. The highest BCUT2D eigenvalue weighted by atomic mass is 32.1. The van der Waals surface area contributed by atoms with E-state index in [1.54, 1.807) is 0 Å². The summed E-state index contributed by atoms with van der Waals surface area (Å²) < 4.78 is 0. The van der Waals surface area contributed by atoms with Crippen molar-refractivity contribution in [3.05, 3.63) is 46.4 Å². The molecule has 0 aliphatic carbocycles. The molecule has 1 aromatic heterocycles. The SMILES string of the molecule is NCCc1nc(C(=O)N2CCN(C3CCN(c4ccccc4)C3=O)CC2)cs1. The van der Waals surface area contributed by atoms with Crippen LogP contribution >= 0.6 is 11.3 Å². The zero-order valence-corrected chi connectivity index (χ0v) is 16.6. The van der Waals surface area contributed by atoms with Crippen LogP contribution in [0.4, 0.5) is 5.69 Å². The molecule has 2 aromatic rings. The number of piperazine rings is 1. The normalized spacial score (nSPS) is 20.8. The van der Waals surface area contributed by atoms with Crippen LogP contribution in [0.15, 0.2) is 35.7 Å². The first kappa shape index (κ1) is 19.0. The molecule has 3 heterocycles. The van der Waals surface area contributed by atoms with E-state index in [1.807, 2.05) is 45.5 Å². The maximum atomic E-state index is 12.9. The summed E-state index contributed by atoms with van der Waals surface area (Å²) in [5.41, 5.74) is 7.02. The van der Waals surface area contributed by atoms with E-state index in [0.717, 1.165) is 23.7 Å². The molecule has 0 radical (unpaired) electrons. The minimum absolute atomic E-state index is 0.0252. The zero-order valence-electron chi connectivity index (χ0n) is 15.8. The number of benzene rings is 1. The summed E-state index contributed by atoms with van der Waals surface area (Å²) in [6.07, 6.45) is 1.53. The minimum atomic E-state index is -0.0899. The second-order valence-corrected chi connectivity index (χ2v) is 8.07. The number of rotatable bonds is 5. The molecule has 4 rings (SSSR count). The van der Waals surface area contributed by atoms with E-state index in [9.17, 15) is 9.59 Å². The van der Waals surface area contributed by atoms with Crippen molar-refractivity contribution in [3.63, 3.8) is 0 Å². The minimum Gasteiger partial charge on any atom is -0.335 e. The van der Waals surface area contributed by atoms with Gasteiger partial charge >= 0.3 is 0 Å².